The van der Waals surface area contributed by atoms with Gasteiger partial charge in [0.15, 0.2) is 5.82 Å². The molecule has 1 aromatic rings. The van der Waals surface area contributed by atoms with Crippen molar-refractivity contribution in [2.75, 3.05) is 0 Å². The molecule has 0 bridgehead atoms. The zero-order valence-electron chi connectivity index (χ0n) is 4.94. The van der Waals surface area contributed by atoms with Crippen molar-refractivity contribution in [2.45, 2.75) is 5.33 Å². The first-order valence-corrected chi connectivity index (χ1v) is 3.72. The van der Waals surface area contributed by atoms with Crippen LogP contribution in [0, 0.1) is 11.8 Å². The van der Waals surface area contributed by atoms with Crippen LogP contribution in [0.1, 0.15) is 5.56 Å². The molecule has 0 atom stereocenters. The molecule has 0 aromatic carbocycles. The van der Waals surface area contributed by atoms with E-state index in [0.29, 0.717) is 10.9 Å². The van der Waals surface area contributed by atoms with Gasteiger partial charge in [-0.3, -0.25) is 0 Å². The quantitative estimate of drug-likeness (QED) is 0.509. The van der Waals surface area contributed by atoms with Crippen molar-refractivity contribution in [3.63, 3.8) is 0 Å². The Morgan fingerprint density at radius 1 is 1.50 bits per heavy atom. The summed E-state index contributed by atoms with van der Waals surface area (Å²) in [5.74, 6) is -1.96. The summed E-state index contributed by atoms with van der Waals surface area (Å²) in [5, 5.41) is 0.483. The zero-order valence-corrected chi connectivity index (χ0v) is 6.53. The molecule has 0 fully saturated rings. The number of pyridine rings is 1. The molecule has 1 rings (SSSR count). The summed E-state index contributed by atoms with van der Waals surface area (Å²) in [6, 6.07) is 1.11. The van der Waals surface area contributed by atoms with E-state index >= 15 is 0 Å². The summed E-state index contributed by atoms with van der Waals surface area (Å²) in [5.41, 5.74) is 0.624. The number of hydrogen-bond acceptors (Lipinski definition) is 1. The normalized spacial score (nSPS) is 9.90. The molecule has 1 aromatic heterocycles. The lowest BCUT2D eigenvalue weighted by Gasteiger charge is -1.93. The van der Waals surface area contributed by atoms with E-state index in [9.17, 15) is 8.78 Å². The Labute approximate surface area is 65.2 Å². The third-order valence-corrected chi connectivity index (χ3v) is 1.65. The lowest BCUT2D eigenvalue weighted by molar-refractivity contribution is 0.478. The summed E-state index contributed by atoms with van der Waals surface area (Å²) >= 11 is 3.09. The summed E-state index contributed by atoms with van der Waals surface area (Å²) in [6.07, 6.45) is 1.28. The number of halogens is 3. The van der Waals surface area contributed by atoms with Gasteiger partial charge in [0.1, 0.15) is 0 Å². The highest BCUT2D eigenvalue weighted by atomic mass is 79.9. The number of nitrogens with zero attached hydrogens (tertiary/aromatic N) is 1. The first kappa shape index (κ1) is 7.60. The Hall–Kier alpha value is -0.510. The van der Waals surface area contributed by atoms with Gasteiger partial charge in [-0.15, -0.1) is 0 Å². The minimum atomic E-state index is -1.05. The minimum Gasteiger partial charge on any atom is -0.225 e. The van der Waals surface area contributed by atoms with E-state index in [2.05, 4.69) is 20.9 Å². The van der Waals surface area contributed by atoms with E-state index in [1.807, 2.05) is 0 Å². The molecule has 0 N–H and O–H groups in total. The second-order valence-electron chi connectivity index (χ2n) is 1.75. The second kappa shape index (κ2) is 3.05. The Morgan fingerprint density at radius 3 is 2.70 bits per heavy atom. The maximum atomic E-state index is 12.3. The average Bonchev–Trinajstić information content (AvgIpc) is 1.95. The minimum absolute atomic E-state index is 0.483. The molecule has 0 amide bonds. The SMILES string of the molecule is Fc1cc(CBr)cnc1F. The molecule has 1 nitrogen and oxygen atoms in total. The molecule has 4 heteroatoms. The third-order valence-electron chi connectivity index (χ3n) is 1.01. The predicted molar refractivity (Wildman–Crippen MR) is 36.8 cm³/mol. The molecular weight excluding hydrogens is 204 g/mol. The highest BCUT2D eigenvalue weighted by Gasteiger charge is 2.01. The average molecular weight is 208 g/mol. The molecule has 0 aliphatic heterocycles. The molecule has 0 unspecified atom stereocenters. The van der Waals surface area contributed by atoms with Gasteiger partial charge < -0.3 is 0 Å². The molecule has 0 aliphatic rings. The van der Waals surface area contributed by atoms with Gasteiger partial charge in [0.2, 0.25) is 5.95 Å². The van der Waals surface area contributed by atoms with Crippen molar-refractivity contribution in [3.05, 3.63) is 29.6 Å². The van der Waals surface area contributed by atoms with Crippen molar-refractivity contribution in [3.8, 4) is 0 Å². The van der Waals surface area contributed by atoms with Crippen LogP contribution in [-0.4, -0.2) is 4.98 Å². The highest BCUT2D eigenvalue weighted by molar-refractivity contribution is 9.08. The second-order valence-corrected chi connectivity index (χ2v) is 2.31. The Bertz CT molecular complexity index is 239. The van der Waals surface area contributed by atoms with Crippen LogP contribution in [0.25, 0.3) is 0 Å². The smallest absolute Gasteiger partial charge is 0.225 e. The molecule has 54 valence electrons. The van der Waals surface area contributed by atoms with Gasteiger partial charge in [-0.2, -0.15) is 4.39 Å². The Balaban J connectivity index is 3.04. The lowest BCUT2D eigenvalue weighted by atomic mass is 10.3. The Kier molecular flexibility index (Phi) is 2.32. The standard InChI is InChI=1S/C6H4BrF2N/c7-2-4-1-5(8)6(9)10-3-4/h1,3H,2H2. The van der Waals surface area contributed by atoms with Crippen molar-refractivity contribution >= 4 is 15.9 Å². The summed E-state index contributed by atoms with van der Waals surface area (Å²) in [6.45, 7) is 0. The summed E-state index contributed by atoms with van der Waals surface area (Å²) in [7, 11) is 0. The van der Waals surface area contributed by atoms with E-state index < -0.39 is 11.8 Å². The fourth-order valence-corrected chi connectivity index (χ4v) is 0.841. The number of aromatic nitrogens is 1. The van der Waals surface area contributed by atoms with E-state index in [-0.39, 0.29) is 0 Å². The Morgan fingerprint density at radius 2 is 2.20 bits per heavy atom. The molecule has 10 heavy (non-hydrogen) atoms. The van der Waals surface area contributed by atoms with Crippen LogP contribution in [0.4, 0.5) is 8.78 Å². The van der Waals surface area contributed by atoms with E-state index in [4.69, 9.17) is 0 Å². The topological polar surface area (TPSA) is 12.9 Å². The number of hydrogen-bond donors (Lipinski definition) is 0. The molecule has 0 radical (unpaired) electrons. The van der Waals surface area contributed by atoms with Gasteiger partial charge in [0, 0.05) is 11.5 Å². The van der Waals surface area contributed by atoms with E-state index in [1.54, 1.807) is 0 Å². The first-order chi connectivity index (χ1) is 4.74. The van der Waals surface area contributed by atoms with Crippen LogP contribution in [0.2, 0.25) is 0 Å². The van der Waals surface area contributed by atoms with Crippen LogP contribution < -0.4 is 0 Å². The molecule has 0 spiro atoms. The van der Waals surface area contributed by atoms with E-state index in [1.165, 1.54) is 6.20 Å². The van der Waals surface area contributed by atoms with Crippen LogP contribution in [0.5, 0.6) is 0 Å². The van der Waals surface area contributed by atoms with Gasteiger partial charge in [0.05, 0.1) is 0 Å². The zero-order chi connectivity index (χ0) is 7.56. The largest absolute Gasteiger partial charge is 0.248 e. The fraction of sp³-hybridized carbons (Fsp3) is 0.167. The van der Waals surface area contributed by atoms with Crippen molar-refractivity contribution in [2.24, 2.45) is 0 Å². The van der Waals surface area contributed by atoms with Crippen molar-refractivity contribution < 1.29 is 8.78 Å². The molecule has 0 saturated carbocycles. The molecule has 1 heterocycles. The monoisotopic (exact) mass is 207 g/mol. The number of alkyl halides is 1. The van der Waals surface area contributed by atoms with Crippen LogP contribution in [0.15, 0.2) is 12.3 Å². The van der Waals surface area contributed by atoms with Crippen molar-refractivity contribution in [1.29, 1.82) is 0 Å². The van der Waals surface area contributed by atoms with Gasteiger partial charge in [-0.1, -0.05) is 15.9 Å². The van der Waals surface area contributed by atoms with Crippen LogP contribution in [0.3, 0.4) is 0 Å². The summed E-state index contributed by atoms with van der Waals surface area (Å²) < 4.78 is 24.4. The first-order valence-electron chi connectivity index (χ1n) is 2.60. The predicted octanol–water partition coefficient (Wildman–Crippen LogP) is 2.25. The molecular formula is C6H4BrF2N. The highest BCUT2D eigenvalue weighted by Crippen LogP contribution is 2.07. The van der Waals surface area contributed by atoms with E-state index in [0.717, 1.165) is 6.07 Å². The fourth-order valence-electron chi connectivity index (χ4n) is 0.534. The van der Waals surface area contributed by atoms with Gasteiger partial charge in [0.25, 0.3) is 0 Å². The van der Waals surface area contributed by atoms with Crippen LogP contribution >= 0.6 is 15.9 Å². The maximum absolute atomic E-state index is 12.3. The summed E-state index contributed by atoms with van der Waals surface area (Å²) in [4.78, 5) is 3.18. The lowest BCUT2D eigenvalue weighted by Crippen LogP contribution is -1.90. The number of rotatable bonds is 1. The van der Waals surface area contributed by atoms with Gasteiger partial charge in [-0.25, -0.2) is 9.37 Å². The van der Waals surface area contributed by atoms with Crippen LogP contribution in [-0.2, 0) is 5.33 Å². The van der Waals surface area contributed by atoms with Gasteiger partial charge in [-0.05, 0) is 11.6 Å². The third kappa shape index (κ3) is 1.50. The molecule has 0 saturated heterocycles. The van der Waals surface area contributed by atoms with Gasteiger partial charge >= 0.3 is 0 Å². The maximum Gasteiger partial charge on any atom is 0.248 e. The van der Waals surface area contributed by atoms with Crippen molar-refractivity contribution in [1.82, 2.24) is 4.98 Å². The molecule has 0 aliphatic carbocycles.